The number of oxime groups is 1. The summed E-state index contributed by atoms with van der Waals surface area (Å²) in [5.41, 5.74) is 1.59. The van der Waals surface area contributed by atoms with Gasteiger partial charge >= 0.3 is 12.1 Å². The number of nitrogens with one attached hydrogen (secondary N) is 2. The average molecular weight is 681 g/mol. The van der Waals surface area contributed by atoms with Gasteiger partial charge in [0.25, 0.3) is 5.91 Å². The molecule has 2 aromatic carbocycles. The Hall–Kier alpha value is -4.10. The van der Waals surface area contributed by atoms with Gasteiger partial charge in [-0.1, -0.05) is 17.3 Å². The van der Waals surface area contributed by atoms with Crippen LogP contribution in [0.2, 0.25) is 0 Å². The monoisotopic (exact) mass is 680 g/mol. The van der Waals surface area contributed by atoms with E-state index >= 15 is 0 Å². The second-order valence-electron chi connectivity index (χ2n) is 8.55. The Kier molecular flexibility index (Phi) is 10.6. The van der Waals surface area contributed by atoms with Gasteiger partial charge in [-0.05, 0) is 62.1 Å². The maximum atomic E-state index is 13.5. The van der Waals surface area contributed by atoms with Crippen molar-refractivity contribution in [3.05, 3.63) is 69.6 Å². The molecular weight excluding hydrogens is 660 g/mol. The van der Waals surface area contributed by atoms with Gasteiger partial charge in [-0.2, -0.15) is 13.2 Å². The second-order valence-corrected chi connectivity index (χ2v) is 11.7. The first-order valence-corrected chi connectivity index (χ1v) is 14.2. The lowest BCUT2D eigenvalue weighted by molar-refractivity contribution is -0.192. The molecule has 1 amide bonds. The molecule has 1 aliphatic heterocycles. The Balaban J connectivity index is 0.000000616. The molecule has 0 aliphatic carbocycles. The van der Waals surface area contributed by atoms with E-state index in [2.05, 4.69) is 42.0 Å². The van der Waals surface area contributed by atoms with Crippen LogP contribution in [0.4, 0.5) is 29.1 Å². The molecule has 2 heterocycles. The summed E-state index contributed by atoms with van der Waals surface area (Å²) < 4.78 is 73.2. The number of anilines is 2. The molecule has 0 radical (unpaired) electrons. The van der Waals surface area contributed by atoms with Crippen molar-refractivity contribution in [2.45, 2.75) is 12.7 Å². The van der Waals surface area contributed by atoms with Crippen LogP contribution in [0.1, 0.15) is 21.6 Å². The third kappa shape index (κ3) is 9.21. The standard InChI is InChI=1S/C21H20BrFN6O5S.C2HF3O2/c22-16-11-15(5-6-17(16)23)24-19(26-31)18-20(28-34-27-18)25-21(30)14-3-1-13(2-4-14)12-29-7-9-35(32,33)10-8-29;3-2(4,5)1(6)7/h1-6,11,31H,7-10,12H2,(H,24,26)(H,25,28,30);(H,6,7). The van der Waals surface area contributed by atoms with Crippen LogP contribution >= 0.6 is 15.9 Å². The molecule has 0 unspecified atom stereocenters. The topological polar surface area (TPSA) is 187 Å². The number of aliphatic carboxylic acids is 1. The fourth-order valence-corrected chi connectivity index (χ4v) is 5.03. The number of carbonyl (C=O) groups excluding carboxylic acids is 1. The zero-order valence-electron chi connectivity index (χ0n) is 21.1. The van der Waals surface area contributed by atoms with Crippen LogP contribution in [-0.2, 0) is 21.2 Å². The van der Waals surface area contributed by atoms with Gasteiger partial charge in [-0.15, -0.1) is 0 Å². The predicted octanol–water partition coefficient (Wildman–Crippen LogP) is 3.34. The molecule has 226 valence electrons. The van der Waals surface area contributed by atoms with Gasteiger partial charge in [0.1, 0.15) is 5.82 Å². The van der Waals surface area contributed by atoms with Gasteiger partial charge in [0.05, 0.1) is 16.0 Å². The van der Waals surface area contributed by atoms with Crippen LogP contribution in [0.25, 0.3) is 0 Å². The number of amidine groups is 1. The Morgan fingerprint density at radius 2 is 1.69 bits per heavy atom. The van der Waals surface area contributed by atoms with Crippen molar-refractivity contribution in [2.24, 2.45) is 5.16 Å². The Labute approximate surface area is 243 Å². The van der Waals surface area contributed by atoms with E-state index in [1.807, 2.05) is 4.90 Å². The molecule has 0 spiro atoms. The molecule has 1 saturated heterocycles. The minimum absolute atomic E-state index is 0.0713. The molecule has 0 saturated carbocycles. The van der Waals surface area contributed by atoms with Gasteiger partial charge in [-0.3, -0.25) is 9.69 Å². The van der Waals surface area contributed by atoms with E-state index in [-0.39, 0.29) is 33.3 Å². The van der Waals surface area contributed by atoms with Crippen molar-refractivity contribution in [3.63, 3.8) is 0 Å². The summed E-state index contributed by atoms with van der Waals surface area (Å²) in [6.07, 6.45) is -5.08. The number of carboxylic acids is 1. The fourth-order valence-electron chi connectivity index (χ4n) is 3.38. The van der Waals surface area contributed by atoms with Crippen molar-refractivity contribution in [3.8, 4) is 0 Å². The molecule has 1 aliphatic rings. The first kappa shape index (κ1) is 32.4. The van der Waals surface area contributed by atoms with Crippen LogP contribution in [0.5, 0.6) is 0 Å². The smallest absolute Gasteiger partial charge is 0.475 e. The summed E-state index contributed by atoms with van der Waals surface area (Å²) in [6, 6.07) is 10.9. The Morgan fingerprint density at radius 1 is 1.07 bits per heavy atom. The van der Waals surface area contributed by atoms with E-state index in [9.17, 15) is 36.0 Å². The van der Waals surface area contributed by atoms with Crippen molar-refractivity contribution >= 4 is 55.0 Å². The van der Waals surface area contributed by atoms with Gasteiger partial charge in [0, 0.05) is 30.9 Å². The van der Waals surface area contributed by atoms with E-state index < -0.39 is 33.7 Å². The van der Waals surface area contributed by atoms with Crippen molar-refractivity contribution < 1.29 is 50.5 Å². The fraction of sp³-hybridized carbons (Fsp3) is 0.261. The highest BCUT2D eigenvalue weighted by atomic mass is 79.9. The van der Waals surface area contributed by atoms with Crippen molar-refractivity contribution in [1.82, 2.24) is 15.2 Å². The third-order valence-electron chi connectivity index (χ3n) is 5.53. The van der Waals surface area contributed by atoms with Crippen LogP contribution < -0.4 is 10.6 Å². The normalized spacial score (nSPS) is 15.3. The largest absolute Gasteiger partial charge is 0.490 e. The molecule has 13 nitrogen and oxygen atoms in total. The predicted molar refractivity (Wildman–Crippen MR) is 142 cm³/mol. The van der Waals surface area contributed by atoms with Crippen LogP contribution in [0, 0.1) is 5.82 Å². The minimum Gasteiger partial charge on any atom is -0.475 e. The summed E-state index contributed by atoms with van der Waals surface area (Å²) in [5, 5.41) is 32.3. The first-order valence-electron chi connectivity index (χ1n) is 11.6. The number of hydrogen-bond acceptors (Lipinski definition) is 10. The highest BCUT2D eigenvalue weighted by Crippen LogP contribution is 2.22. The van der Waals surface area contributed by atoms with E-state index in [0.717, 1.165) is 5.56 Å². The second kappa shape index (κ2) is 13.7. The molecule has 0 atom stereocenters. The number of amides is 1. The number of nitrogens with zero attached hydrogens (tertiary/aromatic N) is 4. The lowest BCUT2D eigenvalue weighted by Gasteiger charge is -2.26. The van der Waals surface area contributed by atoms with E-state index in [1.165, 1.54) is 18.2 Å². The maximum absolute atomic E-state index is 13.5. The van der Waals surface area contributed by atoms with E-state index in [1.54, 1.807) is 24.3 Å². The molecule has 4 N–H and O–H groups in total. The number of hydrogen-bond donors (Lipinski definition) is 4. The van der Waals surface area contributed by atoms with Gasteiger partial charge in [0.2, 0.25) is 11.7 Å². The molecule has 4 rings (SSSR count). The number of alkyl halides is 3. The minimum atomic E-state index is -5.08. The Bertz CT molecular complexity index is 1550. The molecule has 19 heteroatoms. The molecular formula is C23H21BrF4N6O7S. The summed E-state index contributed by atoms with van der Waals surface area (Å²) in [5.74, 6) is -3.70. The maximum Gasteiger partial charge on any atom is 0.490 e. The summed E-state index contributed by atoms with van der Waals surface area (Å²) >= 11 is 3.07. The van der Waals surface area contributed by atoms with Gasteiger partial charge in [0.15, 0.2) is 15.5 Å². The van der Waals surface area contributed by atoms with Crippen LogP contribution in [0.3, 0.4) is 0 Å². The Morgan fingerprint density at radius 3 is 2.24 bits per heavy atom. The SMILES string of the molecule is O=C(Nc1nonc1/C(=N\O)Nc1ccc(F)c(Br)c1)c1ccc(CN2CCS(=O)(=O)CC2)cc1.O=C(O)C(F)(F)F. The van der Waals surface area contributed by atoms with E-state index in [4.69, 9.17) is 14.5 Å². The number of carbonyl (C=O) groups is 2. The highest BCUT2D eigenvalue weighted by molar-refractivity contribution is 9.10. The highest BCUT2D eigenvalue weighted by Gasteiger charge is 2.38. The number of rotatable bonds is 6. The van der Waals surface area contributed by atoms with Crippen LogP contribution in [-0.4, -0.2) is 82.4 Å². The third-order valence-corrected chi connectivity index (χ3v) is 7.75. The molecule has 1 fully saturated rings. The average Bonchev–Trinajstić information content (AvgIpc) is 3.38. The number of sulfone groups is 1. The first-order chi connectivity index (χ1) is 19.7. The van der Waals surface area contributed by atoms with E-state index in [0.29, 0.717) is 30.9 Å². The summed E-state index contributed by atoms with van der Waals surface area (Å²) in [4.78, 5) is 23.7. The number of halogens is 5. The summed E-state index contributed by atoms with van der Waals surface area (Å²) in [7, 11) is -2.94. The molecule has 0 bridgehead atoms. The lowest BCUT2D eigenvalue weighted by atomic mass is 10.1. The summed E-state index contributed by atoms with van der Waals surface area (Å²) in [6.45, 7) is 1.53. The molecule has 3 aromatic rings. The quantitative estimate of drug-likeness (QED) is 0.0983. The van der Waals surface area contributed by atoms with Crippen molar-refractivity contribution in [1.29, 1.82) is 0 Å². The van der Waals surface area contributed by atoms with Crippen molar-refractivity contribution in [2.75, 3.05) is 35.2 Å². The van der Waals surface area contributed by atoms with Gasteiger partial charge in [-0.25, -0.2) is 22.2 Å². The zero-order chi connectivity index (χ0) is 31.1. The zero-order valence-corrected chi connectivity index (χ0v) is 23.5. The number of aromatic nitrogens is 2. The number of carboxylic acid groups (broad SMARTS) is 1. The molecule has 1 aromatic heterocycles. The lowest BCUT2D eigenvalue weighted by Crippen LogP contribution is -2.39. The van der Waals surface area contributed by atoms with Crippen LogP contribution in [0.15, 0.2) is 56.7 Å². The van der Waals surface area contributed by atoms with Gasteiger partial charge < -0.3 is 20.9 Å². The number of benzene rings is 2. The molecule has 42 heavy (non-hydrogen) atoms.